The molecule has 14 heavy (non-hydrogen) atoms. The molecule has 0 aromatic rings. The maximum Gasteiger partial charge on any atom is 0.305 e. The van der Waals surface area contributed by atoms with Gasteiger partial charge in [-0.2, -0.15) is 0 Å². The highest BCUT2D eigenvalue weighted by Crippen LogP contribution is 2.29. The van der Waals surface area contributed by atoms with Crippen molar-refractivity contribution in [2.24, 2.45) is 11.8 Å². The van der Waals surface area contributed by atoms with Crippen molar-refractivity contribution in [2.75, 3.05) is 20.2 Å². The van der Waals surface area contributed by atoms with Gasteiger partial charge in [0.2, 0.25) is 0 Å². The largest absolute Gasteiger partial charge is 0.469 e. The Bertz CT molecular complexity index is 199. The molecule has 0 bridgehead atoms. The van der Waals surface area contributed by atoms with Crippen LogP contribution in [0.3, 0.4) is 0 Å². The Morgan fingerprint density at radius 2 is 2.29 bits per heavy atom. The molecule has 0 N–H and O–H groups in total. The molecule has 1 saturated heterocycles. The van der Waals surface area contributed by atoms with Crippen molar-refractivity contribution >= 4 is 17.7 Å². The Morgan fingerprint density at radius 3 is 2.86 bits per heavy atom. The van der Waals surface area contributed by atoms with Gasteiger partial charge in [-0.15, -0.1) is 0 Å². The number of methoxy groups -OCH3 is 1. The van der Waals surface area contributed by atoms with E-state index in [-0.39, 0.29) is 5.97 Å². The summed E-state index contributed by atoms with van der Waals surface area (Å²) in [5.74, 6) is 0.874. The normalized spacial score (nSPS) is 28.8. The van der Waals surface area contributed by atoms with E-state index < -0.39 is 0 Å². The zero-order valence-electron chi connectivity index (χ0n) is 8.83. The third kappa shape index (κ3) is 3.14. The summed E-state index contributed by atoms with van der Waals surface area (Å²) >= 11 is 5.94. The van der Waals surface area contributed by atoms with Crippen LogP contribution in [-0.2, 0) is 9.53 Å². The maximum atomic E-state index is 11.2. The number of hydrogen-bond acceptors (Lipinski definition) is 3. The van der Waals surface area contributed by atoms with Crippen LogP contribution in [-0.4, -0.2) is 30.6 Å². The summed E-state index contributed by atoms with van der Waals surface area (Å²) < 4.78 is 6.51. The topological polar surface area (TPSA) is 29.5 Å². The highest BCUT2D eigenvalue weighted by molar-refractivity contribution is 6.13. The minimum Gasteiger partial charge on any atom is -0.469 e. The Hall–Kier alpha value is -0.280. The summed E-state index contributed by atoms with van der Waals surface area (Å²) in [6.07, 6.45) is 2.61. The molecule has 0 aliphatic carbocycles. The number of carbonyl (C=O) groups excluding carboxylic acids is 1. The standard InChI is InChI=1S/C10H18ClNO2/c1-3-8-7-12(11)5-4-9(8)6-10(13)14-2/h8-9H,3-7H2,1-2H3. The molecule has 1 fully saturated rings. The third-order valence-corrected chi connectivity index (χ3v) is 3.33. The third-order valence-electron chi connectivity index (χ3n) is 3.02. The Kier molecular flexibility index (Phi) is 4.69. The molecule has 0 amide bonds. The molecule has 0 saturated carbocycles. The first kappa shape index (κ1) is 11.8. The molecule has 1 heterocycles. The molecule has 0 aromatic carbocycles. The highest BCUT2D eigenvalue weighted by atomic mass is 35.5. The van der Waals surface area contributed by atoms with Crippen molar-refractivity contribution in [3.05, 3.63) is 0 Å². The van der Waals surface area contributed by atoms with Crippen molar-refractivity contribution < 1.29 is 9.53 Å². The molecule has 3 nitrogen and oxygen atoms in total. The van der Waals surface area contributed by atoms with E-state index >= 15 is 0 Å². The van der Waals surface area contributed by atoms with E-state index in [4.69, 9.17) is 11.8 Å². The van der Waals surface area contributed by atoms with Gasteiger partial charge in [0, 0.05) is 19.5 Å². The molecule has 0 aromatic heterocycles. The molecule has 0 radical (unpaired) electrons. The van der Waals surface area contributed by atoms with Crippen molar-refractivity contribution in [1.29, 1.82) is 0 Å². The quantitative estimate of drug-likeness (QED) is 0.538. The molecule has 0 spiro atoms. The number of halogens is 1. The van der Waals surface area contributed by atoms with Gasteiger partial charge in [0.15, 0.2) is 0 Å². The van der Waals surface area contributed by atoms with Crippen LogP contribution < -0.4 is 0 Å². The number of carbonyl (C=O) groups is 1. The van der Waals surface area contributed by atoms with Gasteiger partial charge in [-0.05, 0) is 30.0 Å². The second-order valence-electron chi connectivity index (χ2n) is 3.87. The van der Waals surface area contributed by atoms with Gasteiger partial charge < -0.3 is 4.74 Å². The van der Waals surface area contributed by atoms with Crippen LogP contribution in [0, 0.1) is 11.8 Å². The predicted molar refractivity (Wildman–Crippen MR) is 55.9 cm³/mol. The minimum absolute atomic E-state index is 0.100. The molecule has 82 valence electrons. The SMILES string of the molecule is CCC1CN(Cl)CCC1CC(=O)OC. The van der Waals surface area contributed by atoms with Gasteiger partial charge in [-0.25, -0.2) is 4.42 Å². The van der Waals surface area contributed by atoms with E-state index in [0.29, 0.717) is 18.3 Å². The number of esters is 1. The second-order valence-corrected chi connectivity index (χ2v) is 4.34. The van der Waals surface area contributed by atoms with Crippen LogP contribution in [0.2, 0.25) is 0 Å². The summed E-state index contributed by atoms with van der Waals surface area (Å²) in [5, 5.41) is 0. The van der Waals surface area contributed by atoms with Crippen LogP contribution in [0.5, 0.6) is 0 Å². The van der Waals surface area contributed by atoms with Crippen molar-refractivity contribution in [1.82, 2.24) is 4.42 Å². The van der Waals surface area contributed by atoms with Crippen molar-refractivity contribution in [3.63, 3.8) is 0 Å². The fraction of sp³-hybridized carbons (Fsp3) is 0.900. The first-order chi connectivity index (χ1) is 6.67. The van der Waals surface area contributed by atoms with Crippen LogP contribution >= 0.6 is 11.8 Å². The Labute approximate surface area is 90.5 Å². The van der Waals surface area contributed by atoms with Crippen molar-refractivity contribution in [2.45, 2.75) is 26.2 Å². The summed E-state index contributed by atoms with van der Waals surface area (Å²) in [6, 6.07) is 0. The lowest BCUT2D eigenvalue weighted by Gasteiger charge is -2.34. The molecular formula is C10H18ClNO2. The van der Waals surface area contributed by atoms with Crippen LogP contribution in [0.25, 0.3) is 0 Å². The first-order valence-corrected chi connectivity index (χ1v) is 5.48. The van der Waals surface area contributed by atoms with Crippen LogP contribution in [0.15, 0.2) is 0 Å². The highest BCUT2D eigenvalue weighted by Gasteiger charge is 2.29. The smallest absolute Gasteiger partial charge is 0.305 e. The van der Waals surface area contributed by atoms with Crippen LogP contribution in [0.4, 0.5) is 0 Å². The minimum atomic E-state index is -0.100. The lowest BCUT2D eigenvalue weighted by atomic mass is 9.82. The zero-order valence-corrected chi connectivity index (χ0v) is 9.59. The number of nitrogens with zero attached hydrogens (tertiary/aromatic N) is 1. The average Bonchev–Trinajstić information content (AvgIpc) is 2.20. The van der Waals surface area contributed by atoms with Gasteiger partial charge in [-0.3, -0.25) is 4.79 Å². The summed E-state index contributed by atoms with van der Waals surface area (Å²) in [5.41, 5.74) is 0. The molecule has 2 unspecified atom stereocenters. The Morgan fingerprint density at radius 1 is 1.57 bits per heavy atom. The van der Waals surface area contributed by atoms with E-state index in [9.17, 15) is 4.79 Å². The lowest BCUT2D eigenvalue weighted by Crippen LogP contribution is -2.36. The molecule has 1 aliphatic rings. The summed E-state index contributed by atoms with van der Waals surface area (Å²) in [7, 11) is 1.44. The predicted octanol–water partition coefficient (Wildman–Crippen LogP) is 2.05. The molecule has 4 heteroatoms. The second kappa shape index (κ2) is 5.56. The van der Waals surface area contributed by atoms with E-state index in [1.54, 1.807) is 0 Å². The fourth-order valence-corrected chi connectivity index (χ4v) is 2.34. The zero-order chi connectivity index (χ0) is 10.6. The number of piperidine rings is 1. The number of rotatable bonds is 3. The van der Waals surface area contributed by atoms with Gasteiger partial charge in [0.25, 0.3) is 0 Å². The van der Waals surface area contributed by atoms with Gasteiger partial charge in [0.05, 0.1) is 7.11 Å². The number of ether oxygens (including phenoxy) is 1. The molecule has 1 aliphatic heterocycles. The van der Waals surface area contributed by atoms with Gasteiger partial charge in [0.1, 0.15) is 0 Å². The average molecular weight is 220 g/mol. The van der Waals surface area contributed by atoms with E-state index in [1.807, 2.05) is 4.42 Å². The molecule has 2 atom stereocenters. The maximum absolute atomic E-state index is 11.2. The van der Waals surface area contributed by atoms with Gasteiger partial charge in [-0.1, -0.05) is 13.3 Å². The van der Waals surface area contributed by atoms with E-state index in [1.165, 1.54) is 7.11 Å². The Balaban J connectivity index is 2.45. The summed E-state index contributed by atoms with van der Waals surface area (Å²) in [6.45, 7) is 3.91. The van der Waals surface area contributed by atoms with E-state index in [2.05, 4.69) is 11.7 Å². The first-order valence-electron chi connectivity index (χ1n) is 5.14. The van der Waals surface area contributed by atoms with Crippen molar-refractivity contribution in [3.8, 4) is 0 Å². The van der Waals surface area contributed by atoms with Crippen LogP contribution in [0.1, 0.15) is 26.2 Å². The summed E-state index contributed by atoms with van der Waals surface area (Å²) in [4.78, 5) is 11.2. The molecule has 1 rings (SSSR count). The monoisotopic (exact) mass is 219 g/mol. The van der Waals surface area contributed by atoms with Gasteiger partial charge >= 0.3 is 5.97 Å². The molecular weight excluding hydrogens is 202 g/mol. The number of hydrogen-bond donors (Lipinski definition) is 0. The van der Waals surface area contributed by atoms with E-state index in [0.717, 1.165) is 25.9 Å². The fourth-order valence-electron chi connectivity index (χ4n) is 2.06. The lowest BCUT2D eigenvalue weighted by molar-refractivity contribution is -0.142.